The number of halogens is 1. The van der Waals surface area contributed by atoms with Gasteiger partial charge >= 0.3 is 0 Å². The maximum atomic E-state index is 16.3. The fraction of sp³-hybridized carbons (Fsp3) is 0.552. The number of rotatable bonds is 6. The summed E-state index contributed by atoms with van der Waals surface area (Å²) >= 11 is 0. The van der Waals surface area contributed by atoms with Crippen LogP contribution in [-0.4, -0.2) is 44.9 Å². The molecular formula is C29H36FN5O2. The quantitative estimate of drug-likeness (QED) is 0.318. The predicted molar refractivity (Wildman–Crippen MR) is 142 cm³/mol. The Labute approximate surface area is 216 Å². The first-order chi connectivity index (χ1) is 18.0. The van der Waals surface area contributed by atoms with Gasteiger partial charge in [0.15, 0.2) is 17.2 Å². The van der Waals surface area contributed by atoms with Gasteiger partial charge in [0.05, 0.1) is 30.2 Å². The van der Waals surface area contributed by atoms with Crippen LogP contribution >= 0.6 is 0 Å². The normalized spacial score (nSPS) is 21.3. The molecule has 6 rings (SSSR count). The maximum Gasteiger partial charge on any atom is 0.197 e. The molecule has 0 amide bonds. The molecule has 5 heterocycles. The largest absolute Gasteiger partial charge is 0.493 e. The van der Waals surface area contributed by atoms with Gasteiger partial charge in [0.2, 0.25) is 0 Å². The molecule has 4 aromatic rings. The number of aromatic nitrogens is 5. The zero-order valence-corrected chi connectivity index (χ0v) is 22.0. The van der Waals surface area contributed by atoms with E-state index in [1.165, 1.54) is 25.6 Å². The summed E-state index contributed by atoms with van der Waals surface area (Å²) in [7, 11) is 1.62. The Hall–Kier alpha value is -3.00. The first kappa shape index (κ1) is 24.3. The summed E-state index contributed by atoms with van der Waals surface area (Å²) < 4.78 is 29.1. The molecule has 7 nitrogen and oxygen atoms in total. The predicted octanol–water partition coefficient (Wildman–Crippen LogP) is 6.63. The van der Waals surface area contributed by atoms with Gasteiger partial charge in [-0.25, -0.2) is 13.9 Å². The summed E-state index contributed by atoms with van der Waals surface area (Å²) in [6.45, 7) is 6.04. The number of nitrogens with one attached hydrogen (secondary N) is 1. The molecule has 0 radical (unpaired) electrons. The number of ether oxygens (including phenoxy) is 2. The second-order valence-corrected chi connectivity index (χ2v) is 11.1. The third-order valence-corrected chi connectivity index (χ3v) is 8.51. The number of fused-ring (bicyclic) bond motifs is 2. The number of H-pyrrole nitrogens is 1. The molecule has 1 aliphatic carbocycles. The highest BCUT2D eigenvalue weighted by Gasteiger charge is 2.30. The number of hydrogen-bond donors (Lipinski definition) is 1. The molecule has 196 valence electrons. The van der Waals surface area contributed by atoms with Crippen molar-refractivity contribution in [3.63, 3.8) is 0 Å². The van der Waals surface area contributed by atoms with Crippen molar-refractivity contribution >= 4 is 16.6 Å². The van der Waals surface area contributed by atoms with E-state index in [9.17, 15) is 0 Å². The van der Waals surface area contributed by atoms with E-state index in [1.807, 2.05) is 18.5 Å². The molecule has 0 spiro atoms. The minimum Gasteiger partial charge on any atom is -0.493 e. The smallest absolute Gasteiger partial charge is 0.197 e. The van der Waals surface area contributed by atoms with Crippen molar-refractivity contribution in [2.24, 2.45) is 11.8 Å². The fourth-order valence-corrected chi connectivity index (χ4v) is 6.58. The lowest BCUT2D eigenvalue weighted by Crippen LogP contribution is -2.22. The lowest BCUT2D eigenvalue weighted by atomic mass is 9.75. The van der Waals surface area contributed by atoms with Gasteiger partial charge < -0.3 is 14.5 Å². The SMILES string of the molecule is COc1cc(-c2[nH]c3cnc(C4CCC(CC5CCOCC5)CC4)c(F)c3c2C(C)C)cn2ncnc12. The Balaban J connectivity index is 1.31. The molecule has 1 N–H and O–H groups in total. The summed E-state index contributed by atoms with van der Waals surface area (Å²) in [5, 5.41) is 4.96. The first-order valence-corrected chi connectivity index (χ1v) is 13.7. The Morgan fingerprint density at radius 3 is 2.59 bits per heavy atom. The topological polar surface area (TPSA) is 77.3 Å². The molecule has 1 aliphatic heterocycles. The number of nitrogens with zero attached hydrogens (tertiary/aromatic N) is 4. The van der Waals surface area contributed by atoms with Gasteiger partial charge in [-0.05, 0) is 74.3 Å². The van der Waals surface area contributed by atoms with E-state index >= 15 is 4.39 Å². The van der Waals surface area contributed by atoms with Crippen molar-refractivity contribution < 1.29 is 13.9 Å². The van der Waals surface area contributed by atoms with Crippen molar-refractivity contribution in [2.45, 2.75) is 70.6 Å². The van der Waals surface area contributed by atoms with Crippen LogP contribution < -0.4 is 4.74 Å². The highest BCUT2D eigenvalue weighted by atomic mass is 19.1. The summed E-state index contributed by atoms with van der Waals surface area (Å²) in [5.74, 6) is 2.30. The molecule has 4 aromatic heterocycles. The van der Waals surface area contributed by atoms with Crippen LogP contribution in [0.4, 0.5) is 4.39 Å². The number of hydrogen-bond acceptors (Lipinski definition) is 5. The monoisotopic (exact) mass is 505 g/mol. The maximum absolute atomic E-state index is 16.3. The van der Waals surface area contributed by atoms with E-state index in [0.29, 0.717) is 22.5 Å². The Bertz CT molecular complexity index is 1400. The molecule has 0 aromatic carbocycles. The molecule has 8 heteroatoms. The standard InChI is InChI=1S/C29H36FN5O2/c1-17(2)24-25-22(34-27(24)21-13-23(36-3)29-32-16-33-35(29)15-21)14-31-28(26(25)30)20-6-4-18(5-7-20)12-19-8-10-37-11-9-19/h13-20,34H,4-12H2,1-3H3. The molecule has 0 bridgehead atoms. The fourth-order valence-electron chi connectivity index (χ4n) is 6.58. The van der Waals surface area contributed by atoms with Gasteiger partial charge in [0, 0.05) is 36.3 Å². The molecule has 1 saturated carbocycles. The van der Waals surface area contributed by atoms with E-state index in [1.54, 1.807) is 11.6 Å². The van der Waals surface area contributed by atoms with E-state index in [2.05, 4.69) is 33.9 Å². The summed E-state index contributed by atoms with van der Waals surface area (Å²) in [6, 6.07) is 1.94. The van der Waals surface area contributed by atoms with Crippen LogP contribution in [0.15, 0.2) is 24.8 Å². The zero-order chi connectivity index (χ0) is 25.5. The van der Waals surface area contributed by atoms with Gasteiger partial charge in [-0.3, -0.25) is 4.98 Å². The zero-order valence-electron chi connectivity index (χ0n) is 22.0. The molecule has 2 aliphatic rings. The molecule has 0 unspecified atom stereocenters. The summed E-state index contributed by atoms with van der Waals surface area (Å²) in [6.07, 6.45) is 13.3. The van der Waals surface area contributed by atoms with E-state index in [4.69, 9.17) is 9.47 Å². The second kappa shape index (κ2) is 10.0. The third kappa shape index (κ3) is 4.49. The van der Waals surface area contributed by atoms with Gasteiger partial charge in [-0.1, -0.05) is 13.8 Å². The van der Waals surface area contributed by atoms with Crippen molar-refractivity contribution in [3.8, 4) is 17.0 Å². The average Bonchev–Trinajstić information content (AvgIpc) is 3.55. The summed E-state index contributed by atoms with van der Waals surface area (Å²) in [4.78, 5) is 12.4. The highest BCUT2D eigenvalue weighted by molar-refractivity contribution is 5.92. The van der Waals surface area contributed by atoms with E-state index < -0.39 is 0 Å². The number of aromatic amines is 1. The van der Waals surface area contributed by atoms with Crippen molar-refractivity contribution in [1.29, 1.82) is 0 Å². The van der Waals surface area contributed by atoms with Crippen LogP contribution in [0.2, 0.25) is 0 Å². The molecule has 0 atom stereocenters. The molecule has 2 fully saturated rings. The summed E-state index contributed by atoms with van der Waals surface area (Å²) in [5.41, 5.74) is 4.73. The minimum absolute atomic E-state index is 0.112. The highest BCUT2D eigenvalue weighted by Crippen LogP contribution is 2.43. The minimum atomic E-state index is -0.162. The third-order valence-electron chi connectivity index (χ3n) is 8.51. The first-order valence-electron chi connectivity index (χ1n) is 13.7. The Morgan fingerprint density at radius 1 is 1.11 bits per heavy atom. The van der Waals surface area contributed by atoms with Gasteiger partial charge in [0.1, 0.15) is 6.33 Å². The van der Waals surface area contributed by atoms with Crippen LogP contribution in [0.1, 0.15) is 81.9 Å². The van der Waals surface area contributed by atoms with Crippen molar-refractivity contribution in [1.82, 2.24) is 24.6 Å². The van der Waals surface area contributed by atoms with Crippen LogP contribution in [-0.2, 0) is 4.74 Å². The van der Waals surface area contributed by atoms with Crippen molar-refractivity contribution in [3.05, 3.63) is 41.9 Å². The lowest BCUT2D eigenvalue weighted by Gasteiger charge is -2.32. The van der Waals surface area contributed by atoms with Crippen molar-refractivity contribution in [2.75, 3.05) is 20.3 Å². The van der Waals surface area contributed by atoms with Crippen LogP contribution in [0.3, 0.4) is 0 Å². The van der Waals surface area contributed by atoms with Gasteiger partial charge in [-0.2, -0.15) is 5.10 Å². The second-order valence-electron chi connectivity index (χ2n) is 11.1. The molecule has 1 saturated heterocycles. The van der Waals surface area contributed by atoms with E-state index in [-0.39, 0.29) is 17.7 Å². The number of methoxy groups -OCH3 is 1. The average molecular weight is 506 g/mol. The Morgan fingerprint density at radius 2 is 1.86 bits per heavy atom. The number of pyridine rings is 2. The van der Waals surface area contributed by atoms with Crippen LogP contribution in [0.5, 0.6) is 5.75 Å². The Kier molecular flexibility index (Phi) is 6.61. The van der Waals surface area contributed by atoms with Crippen LogP contribution in [0.25, 0.3) is 27.8 Å². The lowest BCUT2D eigenvalue weighted by molar-refractivity contribution is 0.0557. The van der Waals surface area contributed by atoms with Crippen LogP contribution in [0, 0.1) is 17.7 Å². The van der Waals surface area contributed by atoms with Gasteiger partial charge in [-0.15, -0.1) is 0 Å². The van der Waals surface area contributed by atoms with Gasteiger partial charge in [0.25, 0.3) is 0 Å². The van der Waals surface area contributed by atoms with E-state index in [0.717, 1.165) is 73.1 Å². The molecular weight excluding hydrogens is 469 g/mol. The molecule has 37 heavy (non-hydrogen) atoms.